The first-order valence-electron chi connectivity index (χ1n) is 10.2. The zero-order chi connectivity index (χ0) is 20.0. The van der Waals surface area contributed by atoms with Crippen molar-refractivity contribution in [2.45, 2.75) is 57.2 Å². The van der Waals surface area contributed by atoms with Gasteiger partial charge in [-0.25, -0.2) is 4.98 Å². The highest BCUT2D eigenvalue weighted by molar-refractivity contribution is 6.03. The van der Waals surface area contributed by atoms with E-state index in [1.807, 2.05) is 12.1 Å². The summed E-state index contributed by atoms with van der Waals surface area (Å²) in [4.78, 5) is 21.9. The van der Waals surface area contributed by atoms with Crippen molar-refractivity contribution in [1.29, 1.82) is 5.26 Å². The van der Waals surface area contributed by atoms with Crippen LogP contribution < -0.4 is 5.32 Å². The molecule has 3 aromatic rings. The summed E-state index contributed by atoms with van der Waals surface area (Å²) in [5, 5.41) is 13.3. The number of aromatic nitrogens is 3. The molecule has 148 valence electrons. The van der Waals surface area contributed by atoms with Crippen molar-refractivity contribution in [3.05, 3.63) is 35.8 Å². The first-order chi connectivity index (χ1) is 14.1. The Morgan fingerprint density at radius 1 is 1.34 bits per heavy atom. The van der Waals surface area contributed by atoms with Gasteiger partial charge < -0.3 is 14.6 Å². The summed E-state index contributed by atoms with van der Waals surface area (Å²) in [5.74, 6) is 0.771. The molecule has 0 unspecified atom stereocenters. The fraction of sp³-hybridized carbons (Fsp3) is 0.455. The van der Waals surface area contributed by atoms with Crippen LogP contribution in [-0.2, 0) is 16.0 Å². The van der Waals surface area contributed by atoms with Gasteiger partial charge in [0.1, 0.15) is 11.3 Å². The number of imidazole rings is 1. The van der Waals surface area contributed by atoms with Gasteiger partial charge in [-0.3, -0.25) is 9.78 Å². The van der Waals surface area contributed by atoms with Crippen molar-refractivity contribution >= 4 is 27.8 Å². The summed E-state index contributed by atoms with van der Waals surface area (Å²) in [7, 11) is 0. The Labute approximate surface area is 168 Å². The van der Waals surface area contributed by atoms with E-state index in [0.717, 1.165) is 53.4 Å². The molecule has 3 heterocycles. The van der Waals surface area contributed by atoms with Crippen LogP contribution in [-0.4, -0.2) is 39.2 Å². The summed E-state index contributed by atoms with van der Waals surface area (Å²) < 4.78 is 7.97. The Bertz CT molecular complexity index is 1140. The van der Waals surface area contributed by atoms with E-state index in [1.54, 1.807) is 12.3 Å². The maximum Gasteiger partial charge on any atom is 0.227 e. The maximum atomic E-state index is 12.6. The minimum absolute atomic E-state index is 0.0131. The fourth-order valence-corrected chi connectivity index (χ4v) is 4.27. The van der Waals surface area contributed by atoms with E-state index in [0.29, 0.717) is 18.2 Å². The van der Waals surface area contributed by atoms with Crippen LogP contribution in [0, 0.1) is 11.3 Å². The number of nitrogens with one attached hydrogen (secondary N) is 1. The van der Waals surface area contributed by atoms with E-state index < -0.39 is 0 Å². The molecule has 0 bridgehead atoms. The third-order valence-electron chi connectivity index (χ3n) is 5.80. The fourth-order valence-electron chi connectivity index (χ4n) is 4.27. The van der Waals surface area contributed by atoms with Gasteiger partial charge in [0.05, 0.1) is 41.4 Å². The summed E-state index contributed by atoms with van der Waals surface area (Å²) in [6.45, 7) is 2.77. The molecule has 1 saturated carbocycles. The molecule has 2 aliphatic rings. The lowest BCUT2D eigenvalue weighted by Gasteiger charge is -2.30. The molecular formula is C22H23N5O2. The molecule has 7 nitrogen and oxygen atoms in total. The van der Waals surface area contributed by atoms with Crippen LogP contribution in [0.25, 0.3) is 21.9 Å². The van der Waals surface area contributed by atoms with E-state index in [-0.39, 0.29) is 24.5 Å². The largest absolute Gasteiger partial charge is 0.378 e. The van der Waals surface area contributed by atoms with Gasteiger partial charge in [0.15, 0.2) is 0 Å². The molecule has 1 N–H and O–H groups in total. The molecule has 0 spiro atoms. The van der Waals surface area contributed by atoms with E-state index in [1.165, 1.54) is 0 Å². The minimum atomic E-state index is 0.0131. The molecule has 7 heteroatoms. The number of nitrogens with zero attached hydrogens (tertiary/aromatic N) is 4. The number of nitriles is 1. The Morgan fingerprint density at radius 3 is 2.97 bits per heavy atom. The predicted molar refractivity (Wildman–Crippen MR) is 108 cm³/mol. The number of hydrogen-bond donors (Lipinski definition) is 1. The minimum Gasteiger partial charge on any atom is -0.378 e. The van der Waals surface area contributed by atoms with Gasteiger partial charge in [-0.2, -0.15) is 5.26 Å². The van der Waals surface area contributed by atoms with Gasteiger partial charge in [-0.15, -0.1) is 0 Å². The van der Waals surface area contributed by atoms with Crippen LogP contribution in [0.1, 0.15) is 50.0 Å². The molecule has 2 fully saturated rings. The van der Waals surface area contributed by atoms with Gasteiger partial charge in [-0.05, 0) is 50.8 Å². The van der Waals surface area contributed by atoms with Crippen LogP contribution in [0.15, 0.2) is 24.4 Å². The number of pyridine rings is 1. The van der Waals surface area contributed by atoms with E-state index >= 15 is 0 Å². The topological polar surface area (TPSA) is 92.8 Å². The van der Waals surface area contributed by atoms with Gasteiger partial charge in [0, 0.05) is 24.1 Å². The highest BCUT2D eigenvalue weighted by atomic mass is 16.5. The summed E-state index contributed by atoms with van der Waals surface area (Å²) in [5.41, 5.74) is 3.14. The Kier molecular flexibility index (Phi) is 4.44. The van der Waals surface area contributed by atoms with Crippen molar-refractivity contribution in [2.24, 2.45) is 0 Å². The third-order valence-corrected chi connectivity index (χ3v) is 5.80. The van der Waals surface area contributed by atoms with Crippen molar-refractivity contribution in [1.82, 2.24) is 19.9 Å². The number of ether oxygens (including phenoxy) is 1. The van der Waals surface area contributed by atoms with Crippen molar-refractivity contribution < 1.29 is 9.53 Å². The van der Waals surface area contributed by atoms with E-state index in [2.05, 4.69) is 27.9 Å². The summed E-state index contributed by atoms with van der Waals surface area (Å²) in [6.07, 6.45) is 6.03. The monoisotopic (exact) mass is 389 g/mol. The Balaban J connectivity index is 1.68. The second-order valence-corrected chi connectivity index (χ2v) is 8.11. The first-order valence-corrected chi connectivity index (χ1v) is 10.2. The third kappa shape index (κ3) is 3.45. The molecule has 1 amide bonds. The van der Waals surface area contributed by atoms with Crippen molar-refractivity contribution in [2.75, 3.05) is 6.61 Å². The quantitative estimate of drug-likeness (QED) is 0.740. The molecule has 2 aromatic heterocycles. The van der Waals surface area contributed by atoms with Gasteiger partial charge in [0.2, 0.25) is 5.91 Å². The van der Waals surface area contributed by atoms with Crippen LogP contribution in [0.4, 0.5) is 0 Å². The van der Waals surface area contributed by atoms with Crippen LogP contribution in [0.2, 0.25) is 0 Å². The molecule has 29 heavy (non-hydrogen) atoms. The maximum absolute atomic E-state index is 12.6. The zero-order valence-electron chi connectivity index (χ0n) is 16.4. The number of fused-ring (bicyclic) bond motifs is 3. The van der Waals surface area contributed by atoms with Crippen molar-refractivity contribution in [3.8, 4) is 6.07 Å². The molecule has 2 atom stereocenters. The van der Waals surface area contributed by atoms with Crippen molar-refractivity contribution in [3.63, 3.8) is 0 Å². The van der Waals surface area contributed by atoms with Gasteiger partial charge in [-0.1, -0.05) is 0 Å². The molecular weight excluding hydrogens is 366 g/mol. The number of hydrogen-bond acceptors (Lipinski definition) is 5. The lowest BCUT2D eigenvalue weighted by atomic mass is 10.0. The van der Waals surface area contributed by atoms with Gasteiger partial charge >= 0.3 is 0 Å². The first kappa shape index (κ1) is 18.1. The SMILES string of the molecule is C[C@@H]1C[C@H](n2c(CC(=O)NC3CC3)nc3cnc4ccc(C#N)cc4c32)CCO1. The second kappa shape index (κ2) is 7.12. The van der Waals surface area contributed by atoms with Crippen LogP contribution >= 0.6 is 0 Å². The van der Waals surface area contributed by atoms with Crippen LogP contribution in [0.3, 0.4) is 0 Å². The lowest BCUT2D eigenvalue weighted by molar-refractivity contribution is -0.120. The number of amides is 1. The van der Waals surface area contributed by atoms with E-state index in [4.69, 9.17) is 9.72 Å². The summed E-state index contributed by atoms with van der Waals surface area (Å²) in [6, 6.07) is 8.26. The number of rotatable bonds is 4. The lowest BCUT2D eigenvalue weighted by Crippen LogP contribution is -2.30. The van der Waals surface area contributed by atoms with Crippen LogP contribution in [0.5, 0.6) is 0 Å². The number of carbonyl (C=O) groups is 1. The second-order valence-electron chi connectivity index (χ2n) is 8.11. The molecule has 1 aromatic carbocycles. The Morgan fingerprint density at radius 2 is 2.21 bits per heavy atom. The highest BCUT2D eigenvalue weighted by Gasteiger charge is 2.28. The predicted octanol–water partition coefficient (Wildman–Crippen LogP) is 3.02. The normalized spacial score (nSPS) is 21.9. The average Bonchev–Trinajstić information content (AvgIpc) is 3.45. The molecule has 5 rings (SSSR count). The molecule has 1 aliphatic carbocycles. The van der Waals surface area contributed by atoms with E-state index in [9.17, 15) is 10.1 Å². The highest BCUT2D eigenvalue weighted by Crippen LogP contribution is 2.34. The average molecular weight is 389 g/mol. The molecule has 1 saturated heterocycles. The Hall–Kier alpha value is -2.98. The standard InChI is InChI=1S/C22H23N5O2/c1-13-8-16(6-7-29-13)27-20(10-21(28)25-15-3-4-15)26-19-12-24-18-5-2-14(11-23)9-17(18)22(19)27/h2,5,9,12-13,15-16H,3-4,6-8,10H2,1H3,(H,25,28)/t13-,16-/m1/s1. The number of benzene rings is 1. The molecule has 0 radical (unpaired) electrons. The zero-order valence-corrected chi connectivity index (χ0v) is 16.4. The smallest absolute Gasteiger partial charge is 0.227 e. The summed E-state index contributed by atoms with van der Waals surface area (Å²) >= 11 is 0. The van der Waals surface area contributed by atoms with Gasteiger partial charge in [0.25, 0.3) is 0 Å². The molecule has 1 aliphatic heterocycles. The number of carbonyl (C=O) groups excluding carboxylic acids is 1.